The maximum Gasteiger partial charge on any atom is 0.240 e. The van der Waals surface area contributed by atoms with E-state index in [9.17, 15) is 8.42 Å². The molecule has 0 saturated carbocycles. The van der Waals surface area contributed by atoms with Gasteiger partial charge >= 0.3 is 0 Å². The van der Waals surface area contributed by atoms with Crippen molar-refractivity contribution >= 4 is 42.4 Å². The fourth-order valence-electron chi connectivity index (χ4n) is 2.70. The number of sulfonamides is 1. The largest absolute Gasteiger partial charge is 0.348 e. The smallest absolute Gasteiger partial charge is 0.240 e. The molecule has 1 unspecified atom stereocenters. The van der Waals surface area contributed by atoms with Crippen LogP contribution in [-0.2, 0) is 10.0 Å². The minimum atomic E-state index is -3.45. The molecule has 2 aromatic rings. The highest BCUT2D eigenvalue weighted by Gasteiger charge is 2.23. The molecule has 1 saturated heterocycles. The summed E-state index contributed by atoms with van der Waals surface area (Å²) in [7, 11) is -3.45. The second kappa shape index (κ2) is 7.29. The Labute approximate surface area is 148 Å². The fraction of sp³-hybridized carbons (Fsp3) is 0.400. The van der Waals surface area contributed by atoms with E-state index in [4.69, 9.17) is 0 Å². The third kappa shape index (κ3) is 4.32. The topological polar surface area (TPSA) is 62.3 Å². The first kappa shape index (κ1) is 16.9. The molecule has 23 heavy (non-hydrogen) atoms. The van der Waals surface area contributed by atoms with E-state index in [2.05, 4.69) is 30.5 Å². The van der Waals surface area contributed by atoms with Gasteiger partial charge in [0, 0.05) is 35.7 Å². The van der Waals surface area contributed by atoms with Crippen molar-refractivity contribution in [2.75, 3.05) is 24.5 Å². The Balaban J connectivity index is 1.60. The first-order chi connectivity index (χ1) is 11.0. The van der Waals surface area contributed by atoms with E-state index in [0.29, 0.717) is 17.4 Å². The Morgan fingerprint density at radius 3 is 2.83 bits per heavy atom. The average Bonchev–Trinajstić information content (AvgIpc) is 3.08. The zero-order valence-electron chi connectivity index (χ0n) is 12.5. The van der Waals surface area contributed by atoms with Crippen molar-refractivity contribution in [2.24, 2.45) is 5.92 Å². The lowest BCUT2D eigenvalue weighted by atomic mass is 9.99. The van der Waals surface area contributed by atoms with Crippen LogP contribution in [0.1, 0.15) is 12.8 Å². The van der Waals surface area contributed by atoms with Crippen LogP contribution in [0, 0.1) is 5.92 Å². The van der Waals surface area contributed by atoms with Gasteiger partial charge in [-0.15, -0.1) is 11.3 Å². The van der Waals surface area contributed by atoms with E-state index < -0.39 is 10.0 Å². The number of hydrogen-bond acceptors (Lipinski definition) is 5. The van der Waals surface area contributed by atoms with Gasteiger partial charge in [-0.2, -0.15) is 0 Å². The summed E-state index contributed by atoms with van der Waals surface area (Å²) in [6, 6.07) is 6.68. The summed E-state index contributed by atoms with van der Waals surface area (Å²) in [5.41, 5.74) is 0. The van der Waals surface area contributed by atoms with Crippen LogP contribution in [0.4, 0.5) is 5.13 Å². The fourth-order valence-corrected chi connectivity index (χ4v) is 4.76. The number of aromatic nitrogens is 1. The lowest BCUT2D eigenvalue weighted by molar-refractivity contribution is 0.410. The zero-order valence-corrected chi connectivity index (χ0v) is 15.7. The summed E-state index contributed by atoms with van der Waals surface area (Å²) in [5.74, 6) is 0.304. The van der Waals surface area contributed by atoms with Crippen molar-refractivity contribution in [3.8, 4) is 0 Å². The van der Waals surface area contributed by atoms with E-state index in [-0.39, 0.29) is 0 Å². The van der Waals surface area contributed by atoms with Gasteiger partial charge in [0.15, 0.2) is 5.13 Å². The lowest BCUT2D eigenvalue weighted by Gasteiger charge is -2.32. The molecule has 0 bridgehead atoms. The molecule has 0 radical (unpaired) electrons. The quantitative estimate of drug-likeness (QED) is 0.814. The van der Waals surface area contributed by atoms with Gasteiger partial charge in [0.25, 0.3) is 0 Å². The summed E-state index contributed by atoms with van der Waals surface area (Å²) in [6.45, 7) is 2.29. The van der Waals surface area contributed by atoms with Gasteiger partial charge in [0.2, 0.25) is 10.0 Å². The maximum absolute atomic E-state index is 12.3. The first-order valence-electron chi connectivity index (χ1n) is 7.44. The van der Waals surface area contributed by atoms with Gasteiger partial charge in [0.1, 0.15) is 0 Å². The molecule has 1 aliphatic heterocycles. The van der Waals surface area contributed by atoms with Crippen LogP contribution in [0.5, 0.6) is 0 Å². The normalized spacial score (nSPS) is 19.0. The molecule has 0 amide bonds. The number of benzene rings is 1. The minimum absolute atomic E-state index is 0.299. The molecule has 0 aliphatic carbocycles. The lowest BCUT2D eigenvalue weighted by Crippen LogP contribution is -2.40. The number of anilines is 1. The molecule has 0 spiro atoms. The van der Waals surface area contributed by atoms with Gasteiger partial charge in [-0.1, -0.05) is 15.9 Å². The first-order valence-corrected chi connectivity index (χ1v) is 10.6. The van der Waals surface area contributed by atoms with Crippen molar-refractivity contribution < 1.29 is 8.42 Å². The van der Waals surface area contributed by atoms with E-state index >= 15 is 0 Å². The third-order valence-electron chi connectivity index (χ3n) is 3.89. The molecule has 1 aromatic heterocycles. The summed E-state index contributed by atoms with van der Waals surface area (Å²) in [4.78, 5) is 6.88. The molecule has 2 heterocycles. The van der Waals surface area contributed by atoms with Crippen molar-refractivity contribution in [3.05, 3.63) is 40.3 Å². The number of nitrogens with zero attached hydrogens (tertiary/aromatic N) is 2. The van der Waals surface area contributed by atoms with Crippen molar-refractivity contribution in [2.45, 2.75) is 17.7 Å². The number of nitrogens with one attached hydrogen (secondary N) is 1. The number of thiazole rings is 1. The van der Waals surface area contributed by atoms with Gasteiger partial charge in [0.05, 0.1) is 4.90 Å². The Kier molecular flexibility index (Phi) is 5.35. The van der Waals surface area contributed by atoms with Crippen LogP contribution >= 0.6 is 27.3 Å². The van der Waals surface area contributed by atoms with Gasteiger partial charge in [-0.3, -0.25) is 0 Å². The minimum Gasteiger partial charge on any atom is -0.348 e. The number of halogens is 1. The second-order valence-corrected chi connectivity index (χ2v) is 9.13. The molecule has 1 fully saturated rings. The highest BCUT2D eigenvalue weighted by Crippen LogP contribution is 2.24. The SMILES string of the molecule is O=S(=O)(NCC1CCCN(c2nccs2)C1)c1ccc(Br)cc1. The monoisotopic (exact) mass is 415 g/mol. The van der Waals surface area contributed by atoms with Crippen LogP contribution in [-0.4, -0.2) is 33.0 Å². The van der Waals surface area contributed by atoms with Crippen molar-refractivity contribution in [1.29, 1.82) is 0 Å². The van der Waals surface area contributed by atoms with Crippen molar-refractivity contribution in [3.63, 3.8) is 0 Å². The average molecular weight is 416 g/mol. The molecule has 8 heteroatoms. The van der Waals surface area contributed by atoms with Gasteiger partial charge < -0.3 is 4.90 Å². The Bertz CT molecular complexity index is 733. The number of hydrogen-bond donors (Lipinski definition) is 1. The third-order valence-corrected chi connectivity index (χ3v) is 6.70. The highest BCUT2D eigenvalue weighted by molar-refractivity contribution is 9.10. The molecule has 3 rings (SSSR count). The van der Waals surface area contributed by atoms with Crippen LogP contribution in [0.25, 0.3) is 0 Å². The van der Waals surface area contributed by atoms with Crippen molar-refractivity contribution in [1.82, 2.24) is 9.71 Å². The van der Waals surface area contributed by atoms with Gasteiger partial charge in [-0.25, -0.2) is 18.1 Å². The van der Waals surface area contributed by atoms with E-state index in [1.165, 1.54) is 0 Å². The summed E-state index contributed by atoms with van der Waals surface area (Å²) in [5, 5.41) is 2.99. The predicted molar refractivity (Wildman–Crippen MR) is 96.4 cm³/mol. The molecular formula is C15H18BrN3O2S2. The summed E-state index contributed by atoms with van der Waals surface area (Å²) in [6.07, 6.45) is 3.90. The molecule has 1 aromatic carbocycles. The van der Waals surface area contributed by atoms with E-state index in [1.54, 1.807) is 41.8 Å². The molecule has 1 aliphatic rings. The van der Waals surface area contributed by atoms with Crippen LogP contribution < -0.4 is 9.62 Å². The molecular weight excluding hydrogens is 398 g/mol. The van der Waals surface area contributed by atoms with E-state index in [1.807, 2.05) is 5.38 Å². The molecule has 124 valence electrons. The van der Waals surface area contributed by atoms with Crippen LogP contribution in [0.2, 0.25) is 0 Å². The molecule has 1 N–H and O–H groups in total. The molecule has 1 atom stereocenters. The Morgan fingerprint density at radius 1 is 1.35 bits per heavy atom. The highest BCUT2D eigenvalue weighted by atomic mass is 79.9. The molecule has 5 nitrogen and oxygen atoms in total. The van der Waals surface area contributed by atoms with E-state index in [0.717, 1.165) is 35.5 Å². The summed E-state index contributed by atoms with van der Waals surface area (Å²) >= 11 is 4.94. The Hall–Kier alpha value is -0.960. The second-order valence-electron chi connectivity index (χ2n) is 5.57. The Morgan fingerprint density at radius 2 is 2.13 bits per heavy atom. The van der Waals surface area contributed by atoms with Gasteiger partial charge in [-0.05, 0) is 43.0 Å². The number of piperidine rings is 1. The van der Waals surface area contributed by atoms with Crippen LogP contribution in [0.15, 0.2) is 45.2 Å². The maximum atomic E-state index is 12.3. The predicted octanol–water partition coefficient (Wildman–Crippen LogP) is 3.10. The van der Waals surface area contributed by atoms with Crippen LogP contribution in [0.3, 0.4) is 0 Å². The number of rotatable bonds is 5. The zero-order chi connectivity index (χ0) is 16.3. The summed E-state index contributed by atoms with van der Waals surface area (Å²) < 4.78 is 28.3. The standard InChI is InChI=1S/C15H18BrN3O2S2/c16-13-3-5-14(6-4-13)23(20,21)18-10-12-2-1-8-19(11-12)15-17-7-9-22-15/h3-7,9,12,18H,1-2,8,10-11H2.